The Morgan fingerprint density at radius 3 is 2.90 bits per heavy atom. The Morgan fingerprint density at radius 2 is 2.10 bits per heavy atom. The molecule has 0 saturated carbocycles. The number of hydrogen-bond acceptors (Lipinski definition) is 3. The summed E-state index contributed by atoms with van der Waals surface area (Å²) in [6.45, 7) is 1.79. The van der Waals surface area contributed by atoms with Crippen molar-refractivity contribution in [2.75, 3.05) is 33.8 Å². The third-order valence-electron chi connectivity index (χ3n) is 3.82. The zero-order valence-corrected chi connectivity index (χ0v) is 13.2. The molecule has 4 heteroatoms. The van der Waals surface area contributed by atoms with Crippen molar-refractivity contribution in [2.45, 2.75) is 32.1 Å². The SMILES string of the molecule is CN(C)CCCNC(=O)COc1cccc2c1CCCC2. The van der Waals surface area contributed by atoms with E-state index < -0.39 is 0 Å². The number of fused-ring (bicyclic) bond motifs is 1. The van der Waals surface area contributed by atoms with E-state index in [1.165, 1.54) is 24.0 Å². The second kappa shape index (κ2) is 8.03. The topological polar surface area (TPSA) is 41.6 Å². The quantitative estimate of drug-likeness (QED) is 0.781. The second-order valence-electron chi connectivity index (χ2n) is 5.90. The van der Waals surface area contributed by atoms with Crippen molar-refractivity contribution in [1.29, 1.82) is 0 Å². The van der Waals surface area contributed by atoms with Crippen LogP contribution in [0.4, 0.5) is 0 Å². The van der Waals surface area contributed by atoms with E-state index in [0.717, 1.165) is 31.6 Å². The maximum absolute atomic E-state index is 11.8. The summed E-state index contributed by atoms with van der Waals surface area (Å²) < 4.78 is 5.72. The van der Waals surface area contributed by atoms with Crippen molar-refractivity contribution in [2.24, 2.45) is 0 Å². The zero-order valence-electron chi connectivity index (χ0n) is 13.2. The van der Waals surface area contributed by atoms with Gasteiger partial charge in [0.05, 0.1) is 0 Å². The first-order valence-electron chi connectivity index (χ1n) is 7.82. The Kier molecular flexibility index (Phi) is 6.05. The van der Waals surface area contributed by atoms with Crippen LogP contribution in [0.2, 0.25) is 0 Å². The fourth-order valence-corrected chi connectivity index (χ4v) is 2.70. The van der Waals surface area contributed by atoms with E-state index in [9.17, 15) is 4.79 Å². The first kappa shape index (κ1) is 15.8. The molecule has 2 rings (SSSR count). The van der Waals surface area contributed by atoms with E-state index in [4.69, 9.17) is 4.74 Å². The van der Waals surface area contributed by atoms with Crippen LogP contribution in [0.5, 0.6) is 5.75 Å². The molecule has 1 aliphatic rings. The van der Waals surface area contributed by atoms with Gasteiger partial charge in [0.2, 0.25) is 0 Å². The summed E-state index contributed by atoms with van der Waals surface area (Å²) in [5, 5.41) is 2.90. The lowest BCUT2D eigenvalue weighted by molar-refractivity contribution is -0.123. The van der Waals surface area contributed by atoms with Gasteiger partial charge in [0.25, 0.3) is 5.91 Å². The number of ether oxygens (including phenoxy) is 1. The molecule has 0 fully saturated rings. The normalized spacial score (nSPS) is 13.9. The fourth-order valence-electron chi connectivity index (χ4n) is 2.70. The van der Waals surface area contributed by atoms with Gasteiger partial charge in [-0.2, -0.15) is 0 Å². The van der Waals surface area contributed by atoms with Crippen LogP contribution in [0.15, 0.2) is 18.2 Å². The van der Waals surface area contributed by atoms with Gasteiger partial charge in [0, 0.05) is 6.54 Å². The minimum atomic E-state index is -0.0397. The third-order valence-corrected chi connectivity index (χ3v) is 3.82. The van der Waals surface area contributed by atoms with Gasteiger partial charge in [-0.3, -0.25) is 4.79 Å². The standard InChI is InChI=1S/C17H26N2O2/c1-19(2)12-6-11-18-17(20)13-21-16-10-5-8-14-7-3-4-9-15(14)16/h5,8,10H,3-4,6-7,9,11-13H2,1-2H3,(H,18,20). The summed E-state index contributed by atoms with van der Waals surface area (Å²) in [6.07, 6.45) is 5.62. The molecule has 0 radical (unpaired) electrons. The molecule has 0 bridgehead atoms. The number of hydrogen-bond donors (Lipinski definition) is 1. The van der Waals surface area contributed by atoms with Crippen molar-refractivity contribution in [3.05, 3.63) is 29.3 Å². The number of nitrogens with zero attached hydrogens (tertiary/aromatic N) is 1. The Balaban J connectivity index is 1.76. The number of carbonyl (C=O) groups excluding carboxylic acids is 1. The monoisotopic (exact) mass is 290 g/mol. The molecule has 0 spiro atoms. The molecule has 0 aromatic heterocycles. The maximum Gasteiger partial charge on any atom is 0.257 e. The summed E-state index contributed by atoms with van der Waals surface area (Å²) in [7, 11) is 4.06. The van der Waals surface area contributed by atoms with Gasteiger partial charge < -0.3 is 15.0 Å². The predicted molar refractivity (Wildman–Crippen MR) is 84.8 cm³/mol. The van der Waals surface area contributed by atoms with E-state index in [0.29, 0.717) is 6.54 Å². The molecule has 1 N–H and O–H groups in total. The predicted octanol–water partition coefficient (Wildman–Crippen LogP) is 2.01. The molecule has 116 valence electrons. The van der Waals surface area contributed by atoms with Gasteiger partial charge in [-0.1, -0.05) is 12.1 Å². The Bertz CT molecular complexity index is 472. The van der Waals surface area contributed by atoms with E-state index in [2.05, 4.69) is 16.3 Å². The average Bonchev–Trinajstić information content (AvgIpc) is 2.49. The molecular weight excluding hydrogens is 264 g/mol. The Labute approximate surface area is 127 Å². The van der Waals surface area contributed by atoms with Gasteiger partial charge >= 0.3 is 0 Å². The molecule has 1 aliphatic carbocycles. The lowest BCUT2D eigenvalue weighted by Crippen LogP contribution is -2.31. The number of carbonyl (C=O) groups is 1. The van der Waals surface area contributed by atoms with Crippen LogP contribution in [0, 0.1) is 0 Å². The molecule has 1 aromatic carbocycles. The van der Waals surface area contributed by atoms with Crippen LogP contribution in [0.1, 0.15) is 30.4 Å². The van der Waals surface area contributed by atoms with Crippen molar-refractivity contribution in [1.82, 2.24) is 10.2 Å². The lowest BCUT2D eigenvalue weighted by atomic mass is 9.91. The first-order valence-corrected chi connectivity index (χ1v) is 7.82. The smallest absolute Gasteiger partial charge is 0.257 e. The van der Waals surface area contributed by atoms with E-state index >= 15 is 0 Å². The third kappa shape index (κ3) is 5.05. The second-order valence-corrected chi connectivity index (χ2v) is 5.90. The molecule has 0 saturated heterocycles. The number of aryl methyl sites for hydroxylation is 1. The van der Waals surface area contributed by atoms with Crippen LogP contribution in [0.3, 0.4) is 0 Å². The van der Waals surface area contributed by atoms with Gasteiger partial charge in [-0.25, -0.2) is 0 Å². The summed E-state index contributed by atoms with van der Waals surface area (Å²) in [5.74, 6) is 0.845. The molecule has 1 amide bonds. The molecule has 0 unspecified atom stereocenters. The highest BCUT2D eigenvalue weighted by Crippen LogP contribution is 2.29. The highest BCUT2D eigenvalue weighted by Gasteiger charge is 2.14. The van der Waals surface area contributed by atoms with Crippen LogP contribution in [-0.2, 0) is 17.6 Å². The first-order chi connectivity index (χ1) is 10.2. The van der Waals surface area contributed by atoms with Crippen LogP contribution < -0.4 is 10.1 Å². The summed E-state index contributed by atoms with van der Waals surface area (Å²) >= 11 is 0. The minimum Gasteiger partial charge on any atom is -0.483 e. The van der Waals surface area contributed by atoms with E-state index in [1.54, 1.807) is 0 Å². The molecule has 0 heterocycles. The van der Waals surface area contributed by atoms with Crippen LogP contribution in [-0.4, -0.2) is 44.6 Å². The summed E-state index contributed by atoms with van der Waals surface area (Å²) in [6, 6.07) is 6.17. The number of amides is 1. The average molecular weight is 290 g/mol. The van der Waals surface area contributed by atoms with Crippen LogP contribution >= 0.6 is 0 Å². The van der Waals surface area contributed by atoms with Crippen molar-refractivity contribution < 1.29 is 9.53 Å². The van der Waals surface area contributed by atoms with Gasteiger partial charge in [0.1, 0.15) is 5.75 Å². The van der Waals surface area contributed by atoms with Crippen molar-refractivity contribution >= 4 is 5.91 Å². The minimum absolute atomic E-state index is 0.0397. The molecule has 21 heavy (non-hydrogen) atoms. The van der Waals surface area contributed by atoms with E-state index in [1.807, 2.05) is 26.2 Å². The number of benzene rings is 1. The van der Waals surface area contributed by atoms with Gasteiger partial charge in [-0.05, 0) is 69.9 Å². The number of rotatable bonds is 7. The number of nitrogens with one attached hydrogen (secondary N) is 1. The van der Waals surface area contributed by atoms with Crippen molar-refractivity contribution in [3.63, 3.8) is 0 Å². The molecular formula is C17H26N2O2. The van der Waals surface area contributed by atoms with Crippen molar-refractivity contribution in [3.8, 4) is 5.75 Å². The molecule has 0 atom stereocenters. The van der Waals surface area contributed by atoms with Gasteiger partial charge in [-0.15, -0.1) is 0 Å². The zero-order chi connectivity index (χ0) is 15.1. The lowest BCUT2D eigenvalue weighted by Gasteiger charge is -2.19. The largest absolute Gasteiger partial charge is 0.483 e. The molecule has 4 nitrogen and oxygen atoms in total. The molecule has 1 aromatic rings. The van der Waals surface area contributed by atoms with E-state index in [-0.39, 0.29) is 12.5 Å². The Hall–Kier alpha value is -1.55. The fraction of sp³-hybridized carbons (Fsp3) is 0.588. The molecule has 0 aliphatic heterocycles. The van der Waals surface area contributed by atoms with Gasteiger partial charge in [0.15, 0.2) is 6.61 Å². The van der Waals surface area contributed by atoms with Crippen LogP contribution in [0.25, 0.3) is 0 Å². The maximum atomic E-state index is 11.8. The Morgan fingerprint density at radius 1 is 1.29 bits per heavy atom. The highest BCUT2D eigenvalue weighted by molar-refractivity contribution is 5.77. The summed E-state index contributed by atoms with van der Waals surface area (Å²) in [4.78, 5) is 13.9. The summed E-state index contributed by atoms with van der Waals surface area (Å²) in [5.41, 5.74) is 2.68. The highest BCUT2D eigenvalue weighted by atomic mass is 16.5.